The van der Waals surface area contributed by atoms with Crippen LogP contribution in [0.5, 0.6) is 0 Å². The number of carbonyl (C=O) groups excluding carboxylic acids is 1. The number of nitrogens with zero attached hydrogens (tertiary/aromatic N) is 4. The summed E-state index contributed by atoms with van der Waals surface area (Å²) in [4.78, 5) is 34.3. The predicted octanol–water partition coefficient (Wildman–Crippen LogP) is 3.83. The summed E-state index contributed by atoms with van der Waals surface area (Å²) in [7, 11) is 0. The van der Waals surface area contributed by atoms with Gasteiger partial charge in [0.05, 0.1) is 11.0 Å². The molecule has 1 fully saturated rings. The van der Waals surface area contributed by atoms with Crippen LogP contribution in [-0.2, 0) is 11.2 Å². The highest BCUT2D eigenvalue weighted by Gasteiger charge is 2.26. The van der Waals surface area contributed by atoms with Gasteiger partial charge in [0.15, 0.2) is 0 Å². The number of fused-ring (bicyclic) bond motifs is 1. The lowest BCUT2D eigenvalue weighted by atomic mass is 10.0. The van der Waals surface area contributed by atoms with Gasteiger partial charge in [-0.2, -0.15) is 4.98 Å². The molecule has 1 N–H and O–H groups in total. The lowest BCUT2D eigenvalue weighted by Crippen LogP contribution is -2.40. The number of piperidine rings is 1. The maximum absolute atomic E-state index is 12.7. The SMILES string of the molecule is O=C(CCc1nc(-c2ccc(Cl)cc2)no1)N1CCC(n2c(=O)[nH]c3ccccc32)CC1. The van der Waals surface area contributed by atoms with Crippen LogP contribution in [0.25, 0.3) is 22.4 Å². The maximum atomic E-state index is 12.7. The van der Waals surface area contributed by atoms with Gasteiger partial charge in [-0.05, 0) is 49.2 Å². The summed E-state index contributed by atoms with van der Waals surface area (Å²) in [5.74, 6) is 0.971. The third kappa shape index (κ3) is 4.05. The molecule has 1 amide bonds. The number of H-pyrrole nitrogens is 1. The molecule has 1 aliphatic rings. The molecule has 0 saturated carbocycles. The first kappa shape index (κ1) is 20.5. The summed E-state index contributed by atoms with van der Waals surface area (Å²) in [6, 6.07) is 15.0. The lowest BCUT2D eigenvalue weighted by molar-refractivity contribution is -0.132. The molecule has 2 aromatic heterocycles. The van der Waals surface area contributed by atoms with Crippen molar-refractivity contribution in [3.8, 4) is 11.4 Å². The average molecular weight is 452 g/mol. The van der Waals surface area contributed by atoms with E-state index in [1.54, 1.807) is 12.1 Å². The Kier molecular flexibility index (Phi) is 5.53. The summed E-state index contributed by atoms with van der Waals surface area (Å²) in [6.45, 7) is 1.24. The number of aryl methyl sites for hydroxylation is 1. The first-order chi connectivity index (χ1) is 15.6. The van der Waals surface area contributed by atoms with E-state index in [1.165, 1.54) is 0 Å². The molecule has 1 saturated heterocycles. The standard InChI is InChI=1S/C23H22ClN5O3/c24-16-7-5-15(6-8-16)22-26-20(32-27-22)9-10-21(30)28-13-11-17(12-14-28)29-19-4-2-1-3-18(19)25-23(29)31/h1-8,17H,9-14H2,(H,25,31). The molecule has 8 nitrogen and oxygen atoms in total. The molecule has 164 valence electrons. The zero-order valence-electron chi connectivity index (χ0n) is 17.3. The number of likely N-dealkylation sites (tertiary alicyclic amines) is 1. The van der Waals surface area contributed by atoms with Crippen molar-refractivity contribution >= 4 is 28.5 Å². The van der Waals surface area contributed by atoms with Crippen molar-refractivity contribution in [1.29, 1.82) is 0 Å². The Balaban J connectivity index is 1.17. The van der Waals surface area contributed by atoms with Crippen molar-refractivity contribution in [3.05, 3.63) is 69.9 Å². The van der Waals surface area contributed by atoms with Crippen LogP contribution in [0.1, 0.15) is 31.2 Å². The van der Waals surface area contributed by atoms with E-state index in [0.29, 0.717) is 42.7 Å². The molecular formula is C23H22ClN5O3. The quantitative estimate of drug-likeness (QED) is 0.497. The fraction of sp³-hybridized carbons (Fsp3) is 0.304. The molecule has 0 unspecified atom stereocenters. The van der Waals surface area contributed by atoms with Crippen molar-refractivity contribution in [2.75, 3.05) is 13.1 Å². The Hall–Kier alpha value is -3.39. The molecule has 32 heavy (non-hydrogen) atoms. The van der Waals surface area contributed by atoms with E-state index in [4.69, 9.17) is 16.1 Å². The topological polar surface area (TPSA) is 97.0 Å². The van der Waals surface area contributed by atoms with E-state index in [-0.39, 0.29) is 17.6 Å². The molecule has 3 heterocycles. The molecule has 4 aromatic rings. The van der Waals surface area contributed by atoms with Gasteiger partial charge in [0.2, 0.25) is 17.6 Å². The van der Waals surface area contributed by atoms with Crippen molar-refractivity contribution in [3.63, 3.8) is 0 Å². The monoisotopic (exact) mass is 451 g/mol. The minimum absolute atomic E-state index is 0.0565. The van der Waals surface area contributed by atoms with Crippen LogP contribution in [0, 0.1) is 0 Å². The van der Waals surface area contributed by atoms with Crippen LogP contribution in [0.4, 0.5) is 0 Å². The number of para-hydroxylation sites is 2. The molecule has 0 atom stereocenters. The van der Waals surface area contributed by atoms with Gasteiger partial charge in [-0.15, -0.1) is 0 Å². The second-order valence-corrected chi connectivity index (χ2v) is 8.38. The number of aromatic nitrogens is 4. The summed E-state index contributed by atoms with van der Waals surface area (Å²) in [5, 5.41) is 4.63. The number of rotatable bonds is 5. The number of amides is 1. The molecule has 0 radical (unpaired) electrons. The Morgan fingerprint density at radius 3 is 2.66 bits per heavy atom. The van der Waals surface area contributed by atoms with Gasteiger partial charge < -0.3 is 14.4 Å². The van der Waals surface area contributed by atoms with Crippen LogP contribution in [0.2, 0.25) is 5.02 Å². The van der Waals surface area contributed by atoms with Crippen molar-refractivity contribution in [2.24, 2.45) is 0 Å². The molecule has 0 bridgehead atoms. The van der Waals surface area contributed by atoms with Gasteiger partial charge in [0.1, 0.15) is 0 Å². The second-order valence-electron chi connectivity index (χ2n) is 7.95. The molecule has 2 aromatic carbocycles. The third-order valence-electron chi connectivity index (χ3n) is 5.93. The van der Waals surface area contributed by atoms with Gasteiger partial charge in [0, 0.05) is 42.6 Å². The van der Waals surface area contributed by atoms with Gasteiger partial charge in [-0.25, -0.2) is 4.79 Å². The van der Waals surface area contributed by atoms with Gasteiger partial charge >= 0.3 is 5.69 Å². The first-order valence-corrected chi connectivity index (χ1v) is 11.0. The van der Waals surface area contributed by atoms with Gasteiger partial charge in [0.25, 0.3) is 0 Å². The van der Waals surface area contributed by atoms with Crippen LogP contribution in [-0.4, -0.2) is 43.6 Å². The minimum Gasteiger partial charge on any atom is -0.343 e. The van der Waals surface area contributed by atoms with Gasteiger partial charge in [-0.1, -0.05) is 28.9 Å². The predicted molar refractivity (Wildman–Crippen MR) is 120 cm³/mol. The number of nitrogens with one attached hydrogen (secondary N) is 1. The maximum Gasteiger partial charge on any atom is 0.326 e. The van der Waals surface area contributed by atoms with Crippen molar-refractivity contribution in [2.45, 2.75) is 31.7 Å². The van der Waals surface area contributed by atoms with E-state index in [2.05, 4.69) is 15.1 Å². The van der Waals surface area contributed by atoms with Crippen LogP contribution >= 0.6 is 11.6 Å². The van der Waals surface area contributed by atoms with Crippen LogP contribution in [0.3, 0.4) is 0 Å². The highest BCUT2D eigenvalue weighted by atomic mass is 35.5. The molecule has 0 aliphatic carbocycles. The Labute approximate surface area is 188 Å². The molecular weight excluding hydrogens is 430 g/mol. The largest absolute Gasteiger partial charge is 0.343 e. The summed E-state index contributed by atoms with van der Waals surface area (Å²) >= 11 is 5.91. The third-order valence-corrected chi connectivity index (χ3v) is 6.18. The summed E-state index contributed by atoms with van der Waals surface area (Å²) < 4.78 is 7.13. The number of aromatic amines is 1. The van der Waals surface area contributed by atoms with E-state index in [9.17, 15) is 9.59 Å². The second kappa shape index (κ2) is 8.63. The smallest absolute Gasteiger partial charge is 0.326 e. The Morgan fingerprint density at radius 1 is 1.12 bits per heavy atom. The van der Waals surface area contributed by atoms with Crippen LogP contribution < -0.4 is 5.69 Å². The highest BCUT2D eigenvalue weighted by molar-refractivity contribution is 6.30. The van der Waals surface area contributed by atoms with E-state index in [1.807, 2.05) is 45.9 Å². The normalized spacial score (nSPS) is 14.8. The van der Waals surface area contributed by atoms with Crippen molar-refractivity contribution < 1.29 is 9.32 Å². The number of carbonyl (C=O) groups is 1. The lowest BCUT2D eigenvalue weighted by Gasteiger charge is -2.32. The van der Waals surface area contributed by atoms with E-state index < -0.39 is 0 Å². The Morgan fingerprint density at radius 2 is 1.88 bits per heavy atom. The minimum atomic E-state index is -0.0936. The van der Waals surface area contributed by atoms with Gasteiger partial charge in [-0.3, -0.25) is 9.36 Å². The zero-order chi connectivity index (χ0) is 22.1. The molecule has 1 aliphatic heterocycles. The fourth-order valence-corrected chi connectivity index (χ4v) is 4.38. The van der Waals surface area contributed by atoms with Crippen LogP contribution in [0.15, 0.2) is 57.8 Å². The van der Waals surface area contributed by atoms with Crippen molar-refractivity contribution in [1.82, 2.24) is 24.6 Å². The fourth-order valence-electron chi connectivity index (χ4n) is 4.25. The summed E-state index contributed by atoms with van der Waals surface area (Å²) in [6.07, 6.45) is 2.19. The first-order valence-electron chi connectivity index (χ1n) is 10.6. The number of benzene rings is 2. The summed E-state index contributed by atoms with van der Waals surface area (Å²) in [5.41, 5.74) is 2.47. The number of hydrogen-bond acceptors (Lipinski definition) is 5. The highest BCUT2D eigenvalue weighted by Crippen LogP contribution is 2.25. The number of halogens is 1. The number of hydrogen-bond donors (Lipinski definition) is 1. The van der Waals surface area contributed by atoms with E-state index >= 15 is 0 Å². The zero-order valence-corrected chi connectivity index (χ0v) is 18.1. The molecule has 5 rings (SSSR count). The molecule has 9 heteroatoms. The number of imidazole rings is 1. The van der Waals surface area contributed by atoms with E-state index in [0.717, 1.165) is 29.4 Å². The Bertz CT molecular complexity index is 1300. The average Bonchev–Trinajstić information content (AvgIpc) is 3.42. The molecule has 0 spiro atoms.